The fourth-order valence-electron chi connectivity index (χ4n) is 3.31. The Kier molecular flexibility index (Phi) is 4.89. The van der Waals surface area contributed by atoms with E-state index in [-0.39, 0.29) is 11.5 Å². The molecule has 1 aliphatic rings. The molecule has 2 rings (SSSR count). The zero-order chi connectivity index (χ0) is 15.8. The van der Waals surface area contributed by atoms with Gasteiger partial charge < -0.3 is 10.1 Å². The van der Waals surface area contributed by atoms with E-state index >= 15 is 0 Å². The van der Waals surface area contributed by atoms with Crippen LogP contribution < -0.4 is 10.1 Å². The van der Waals surface area contributed by atoms with Gasteiger partial charge in [0.15, 0.2) is 0 Å². The maximum absolute atomic E-state index is 6.37. The molecule has 3 heteroatoms. The lowest BCUT2D eigenvalue weighted by Crippen LogP contribution is -2.62. The van der Waals surface area contributed by atoms with E-state index in [2.05, 4.69) is 46.0 Å². The first-order chi connectivity index (χ1) is 9.83. The summed E-state index contributed by atoms with van der Waals surface area (Å²) in [6.07, 6.45) is 2.46. The lowest BCUT2D eigenvalue weighted by atomic mass is 9.61. The van der Waals surface area contributed by atoms with Crippen molar-refractivity contribution in [1.29, 1.82) is 0 Å². The Balaban J connectivity index is 2.23. The summed E-state index contributed by atoms with van der Waals surface area (Å²) in [7, 11) is 2.04. The second-order valence-corrected chi connectivity index (χ2v) is 7.24. The third-order valence-corrected chi connectivity index (χ3v) is 5.60. The van der Waals surface area contributed by atoms with E-state index < -0.39 is 0 Å². The average molecular weight is 310 g/mol. The van der Waals surface area contributed by atoms with Crippen LogP contribution in [-0.2, 0) is 0 Å². The van der Waals surface area contributed by atoms with E-state index in [1.807, 2.05) is 13.1 Å². The summed E-state index contributed by atoms with van der Waals surface area (Å²) in [5, 5.41) is 4.25. The first kappa shape index (κ1) is 16.6. The highest BCUT2D eigenvalue weighted by Crippen LogP contribution is 2.46. The molecule has 0 aromatic heterocycles. The molecule has 1 aromatic rings. The fourth-order valence-corrected chi connectivity index (χ4v) is 3.75. The van der Waals surface area contributed by atoms with Crippen LogP contribution in [0, 0.1) is 12.3 Å². The minimum absolute atomic E-state index is 0.207. The van der Waals surface area contributed by atoms with Crippen LogP contribution in [0.25, 0.3) is 0 Å². The summed E-state index contributed by atoms with van der Waals surface area (Å²) in [4.78, 5) is 0. The van der Waals surface area contributed by atoms with Gasteiger partial charge in [0.2, 0.25) is 0 Å². The number of aryl methyl sites for hydroxylation is 1. The van der Waals surface area contributed by atoms with Gasteiger partial charge in [-0.2, -0.15) is 0 Å². The van der Waals surface area contributed by atoms with Crippen molar-refractivity contribution >= 4 is 11.6 Å². The molecule has 1 fully saturated rings. The lowest BCUT2D eigenvalue weighted by Gasteiger charge is -2.53. The van der Waals surface area contributed by atoms with Crippen molar-refractivity contribution in [2.75, 3.05) is 7.05 Å². The van der Waals surface area contributed by atoms with Crippen molar-refractivity contribution in [3.8, 4) is 5.75 Å². The molecule has 1 aliphatic carbocycles. The SMILES string of the molecule is CCC1(C)C(NC)CC1Oc1cc(C(C)C)c(Cl)cc1C. The number of nitrogens with one attached hydrogen (secondary N) is 1. The number of benzene rings is 1. The smallest absolute Gasteiger partial charge is 0.123 e. The van der Waals surface area contributed by atoms with Crippen LogP contribution in [0.4, 0.5) is 0 Å². The van der Waals surface area contributed by atoms with Crippen molar-refractivity contribution in [3.63, 3.8) is 0 Å². The highest BCUT2D eigenvalue weighted by atomic mass is 35.5. The fraction of sp³-hybridized carbons (Fsp3) is 0.667. The van der Waals surface area contributed by atoms with Crippen LogP contribution >= 0.6 is 11.6 Å². The van der Waals surface area contributed by atoms with Crippen LogP contribution in [0.2, 0.25) is 5.02 Å². The van der Waals surface area contributed by atoms with Gasteiger partial charge in [0, 0.05) is 22.9 Å². The number of ether oxygens (including phenoxy) is 1. The summed E-state index contributed by atoms with van der Waals surface area (Å²) < 4.78 is 6.37. The van der Waals surface area contributed by atoms with Crippen LogP contribution in [0.1, 0.15) is 57.6 Å². The maximum Gasteiger partial charge on any atom is 0.123 e. The monoisotopic (exact) mass is 309 g/mol. The summed E-state index contributed by atoms with van der Waals surface area (Å²) in [5.41, 5.74) is 2.49. The lowest BCUT2D eigenvalue weighted by molar-refractivity contribution is -0.0680. The van der Waals surface area contributed by atoms with E-state index in [1.165, 1.54) is 5.56 Å². The summed E-state index contributed by atoms with van der Waals surface area (Å²) in [6, 6.07) is 4.71. The summed E-state index contributed by atoms with van der Waals surface area (Å²) >= 11 is 6.34. The van der Waals surface area contributed by atoms with Gasteiger partial charge in [0.1, 0.15) is 11.9 Å². The molecule has 0 aliphatic heterocycles. The minimum atomic E-state index is 0.207. The Morgan fingerprint density at radius 1 is 1.43 bits per heavy atom. The van der Waals surface area contributed by atoms with Gasteiger partial charge in [-0.3, -0.25) is 0 Å². The molecule has 0 spiro atoms. The second-order valence-electron chi connectivity index (χ2n) is 6.84. The zero-order valence-electron chi connectivity index (χ0n) is 14.1. The first-order valence-electron chi connectivity index (χ1n) is 7.97. The Bertz CT molecular complexity index is 514. The van der Waals surface area contributed by atoms with E-state index in [0.29, 0.717) is 12.0 Å². The van der Waals surface area contributed by atoms with Crippen molar-refractivity contribution in [3.05, 3.63) is 28.3 Å². The molecule has 0 bridgehead atoms. The van der Waals surface area contributed by atoms with Crippen LogP contribution in [-0.4, -0.2) is 19.2 Å². The molecule has 0 heterocycles. The van der Waals surface area contributed by atoms with E-state index in [0.717, 1.165) is 29.2 Å². The molecule has 0 saturated heterocycles. The molecular formula is C18H28ClNO. The minimum Gasteiger partial charge on any atom is -0.489 e. The van der Waals surface area contributed by atoms with Gasteiger partial charge in [-0.15, -0.1) is 0 Å². The largest absolute Gasteiger partial charge is 0.489 e. The van der Waals surface area contributed by atoms with E-state index in [1.54, 1.807) is 0 Å². The standard InChI is InChI=1S/C18H28ClNO/c1-7-18(5)16(20-6)10-17(18)21-15-9-13(11(2)3)14(19)8-12(15)4/h8-9,11,16-17,20H,7,10H2,1-6H3. The number of hydrogen-bond donors (Lipinski definition) is 1. The number of halogens is 1. The van der Waals surface area contributed by atoms with Gasteiger partial charge in [-0.05, 0) is 49.6 Å². The van der Waals surface area contributed by atoms with Crippen molar-refractivity contribution in [2.45, 2.75) is 65.5 Å². The molecule has 1 aromatic carbocycles. The Hall–Kier alpha value is -0.730. The molecule has 0 radical (unpaired) electrons. The first-order valence-corrected chi connectivity index (χ1v) is 8.35. The maximum atomic E-state index is 6.37. The third kappa shape index (κ3) is 2.93. The molecule has 1 saturated carbocycles. The average Bonchev–Trinajstić information content (AvgIpc) is 2.43. The van der Waals surface area contributed by atoms with Crippen molar-refractivity contribution in [2.24, 2.45) is 5.41 Å². The topological polar surface area (TPSA) is 21.3 Å². The van der Waals surface area contributed by atoms with Gasteiger partial charge in [0.05, 0.1) is 0 Å². The summed E-state index contributed by atoms with van der Waals surface area (Å²) in [5.74, 6) is 1.40. The molecule has 1 N–H and O–H groups in total. The predicted molar refractivity (Wildman–Crippen MR) is 90.6 cm³/mol. The molecule has 2 nitrogen and oxygen atoms in total. The summed E-state index contributed by atoms with van der Waals surface area (Å²) in [6.45, 7) is 11.0. The van der Waals surface area contributed by atoms with Gasteiger partial charge in [-0.1, -0.05) is 39.3 Å². The van der Waals surface area contributed by atoms with E-state index in [9.17, 15) is 0 Å². The molecule has 3 atom stereocenters. The van der Waals surface area contributed by atoms with Crippen LogP contribution in [0.15, 0.2) is 12.1 Å². The van der Waals surface area contributed by atoms with Crippen molar-refractivity contribution < 1.29 is 4.74 Å². The Morgan fingerprint density at radius 2 is 2.10 bits per heavy atom. The normalized spacial score (nSPS) is 28.6. The van der Waals surface area contributed by atoms with Gasteiger partial charge in [0.25, 0.3) is 0 Å². The van der Waals surface area contributed by atoms with E-state index in [4.69, 9.17) is 16.3 Å². The highest BCUT2D eigenvalue weighted by molar-refractivity contribution is 6.31. The van der Waals surface area contributed by atoms with Crippen molar-refractivity contribution in [1.82, 2.24) is 5.32 Å². The zero-order valence-corrected chi connectivity index (χ0v) is 14.8. The third-order valence-electron chi connectivity index (χ3n) is 5.28. The van der Waals surface area contributed by atoms with Crippen LogP contribution in [0.5, 0.6) is 5.75 Å². The number of hydrogen-bond acceptors (Lipinski definition) is 2. The molecular weight excluding hydrogens is 282 g/mol. The highest BCUT2D eigenvalue weighted by Gasteiger charge is 2.51. The molecule has 118 valence electrons. The number of rotatable bonds is 5. The quantitative estimate of drug-likeness (QED) is 0.833. The second kappa shape index (κ2) is 6.18. The van der Waals surface area contributed by atoms with Crippen LogP contribution in [0.3, 0.4) is 0 Å². The predicted octanol–water partition coefficient (Wildman–Crippen LogP) is 4.93. The Morgan fingerprint density at radius 3 is 2.62 bits per heavy atom. The van der Waals surface area contributed by atoms with Gasteiger partial charge >= 0.3 is 0 Å². The molecule has 21 heavy (non-hydrogen) atoms. The van der Waals surface area contributed by atoms with Gasteiger partial charge in [-0.25, -0.2) is 0 Å². The molecule has 0 amide bonds. The molecule has 3 unspecified atom stereocenters. The Labute approximate surface area is 134 Å².